The Morgan fingerprint density at radius 3 is 2.71 bits per heavy atom. The maximum Gasteiger partial charge on any atom is 0.111 e. The van der Waals surface area contributed by atoms with Crippen molar-refractivity contribution in [2.45, 2.75) is 19.8 Å². The number of hydrogen-bond donors (Lipinski definition) is 0. The summed E-state index contributed by atoms with van der Waals surface area (Å²) >= 11 is 1.73. The molecule has 0 amide bonds. The Labute approximate surface area is 88.2 Å². The number of aryl methyl sites for hydroxylation is 1. The van der Waals surface area contributed by atoms with Crippen molar-refractivity contribution in [1.29, 1.82) is 0 Å². The third-order valence-electron chi connectivity index (χ3n) is 2.20. The quantitative estimate of drug-likeness (QED) is 0.737. The number of nitrogens with zero attached hydrogens (tertiary/aromatic N) is 2. The standard InChI is InChI=1S/C11H14N2S/c1-8(2)11-12-9(7-13(11)3)10-5-4-6-14-10/h4-8H,1-3H3. The van der Waals surface area contributed by atoms with E-state index >= 15 is 0 Å². The number of thiophene rings is 1. The van der Waals surface area contributed by atoms with Gasteiger partial charge in [-0.05, 0) is 11.4 Å². The van der Waals surface area contributed by atoms with E-state index < -0.39 is 0 Å². The van der Waals surface area contributed by atoms with E-state index in [0.29, 0.717) is 5.92 Å². The van der Waals surface area contributed by atoms with Gasteiger partial charge in [-0.1, -0.05) is 19.9 Å². The summed E-state index contributed by atoms with van der Waals surface area (Å²) in [4.78, 5) is 5.87. The third kappa shape index (κ3) is 1.60. The number of imidazole rings is 1. The molecule has 0 unspecified atom stereocenters. The Morgan fingerprint density at radius 2 is 2.21 bits per heavy atom. The van der Waals surface area contributed by atoms with Crippen molar-refractivity contribution >= 4 is 11.3 Å². The van der Waals surface area contributed by atoms with Gasteiger partial charge >= 0.3 is 0 Å². The van der Waals surface area contributed by atoms with Crippen LogP contribution in [0.1, 0.15) is 25.6 Å². The molecule has 2 heterocycles. The minimum absolute atomic E-state index is 0.480. The summed E-state index contributed by atoms with van der Waals surface area (Å²) in [7, 11) is 2.06. The number of rotatable bonds is 2. The number of hydrogen-bond acceptors (Lipinski definition) is 2. The first-order chi connectivity index (χ1) is 6.68. The van der Waals surface area contributed by atoms with E-state index in [2.05, 4.69) is 54.2 Å². The van der Waals surface area contributed by atoms with Crippen molar-refractivity contribution < 1.29 is 0 Å². The van der Waals surface area contributed by atoms with Crippen LogP contribution >= 0.6 is 11.3 Å². The molecular weight excluding hydrogens is 192 g/mol. The van der Waals surface area contributed by atoms with E-state index in [0.717, 1.165) is 11.5 Å². The lowest BCUT2D eigenvalue weighted by molar-refractivity contribution is 0.711. The molecule has 2 aromatic heterocycles. The van der Waals surface area contributed by atoms with Crippen LogP contribution in [0.25, 0.3) is 10.6 Å². The summed E-state index contributed by atoms with van der Waals surface area (Å²) in [6.07, 6.45) is 2.10. The average molecular weight is 206 g/mol. The molecule has 3 heteroatoms. The summed E-state index contributed by atoms with van der Waals surface area (Å²) in [5, 5.41) is 2.08. The second-order valence-corrected chi connectivity index (χ2v) is 4.67. The van der Waals surface area contributed by atoms with Crippen molar-refractivity contribution in [3.8, 4) is 10.6 Å². The van der Waals surface area contributed by atoms with Crippen molar-refractivity contribution in [3.05, 3.63) is 29.5 Å². The van der Waals surface area contributed by atoms with Crippen LogP contribution in [0.2, 0.25) is 0 Å². The monoisotopic (exact) mass is 206 g/mol. The van der Waals surface area contributed by atoms with Gasteiger partial charge in [0.05, 0.1) is 10.6 Å². The summed E-state index contributed by atoms with van der Waals surface area (Å²) in [5.74, 6) is 1.63. The minimum atomic E-state index is 0.480. The molecule has 0 saturated carbocycles. The largest absolute Gasteiger partial charge is 0.337 e. The highest BCUT2D eigenvalue weighted by atomic mass is 32.1. The third-order valence-corrected chi connectivity index (χ3v) is 3.09. The van der Waals surface area contributed by atoms with Gasteiger partial charge in [-0.25, -0.2) is 4.98 Å². The van der Waals surface area contributed by atoms with Crippen LogP contribution in [-0.4, -0.2) is 9.55 Å². The summed E-state index contributed by atoms with van der Waals surface area (Å²) in [5.41, 5.74) is 1.09. The lowest BCUT2D eigenvalue weighted by Gasteiger charge is -2.02. The van der Waals surface area contributed by atoms with Crippen LogP contribution in [0, 0.1) is 0 Å². The van der Waals surface area contributed by atoms with Gasteiger partial charge in [-0.15, -0.1) is 11.3 Å². The van der Waals surface area contributed by atoms with Crippen molar-refractivity contribution in [2.75, 3.05) is 0 Å². The molecule has 0 radical (unpaired) electrons. The first-order valence-corrected chi connectivity index (χ1v) is 5.63. The van der Waals surface area contributed by atoms with Gasteiger partial charge in [0.1, 0.15) is 5.82 Å². The van der Waals surface area contributed by atoms with E-state index in [1.807, 2.05) is 0 Å². The van der Waals surface area contributed by atoms with Gasteiger partial charge < -0.3 is 4.57 Å². The van der Waals surface area contributed by atoms with E-state index in [9.17, 15) is 0 Å². The maximum atomic E-state index is 4.63. The van der Waals surface area contributed by atoms with Crippen LogP contribution in [-0.2, 0) is 7.05 Å². The zero-order valence-corrected chi connectivity index (χ0v) is 9.51. The molecule has 2 rings (SSSR count). The van der Waals surface area contributed by atoms with E-state index in [1.165, 1.54) is 4.88 Å². The van der Waals surface area contributed by atoms with Gasteiger partial charge in [0.25, 0.3) is 0 Å². The molecule has 2 nitrogen and oxygen atoms in total. The zero-order chi connectivity index (χ0) is 10.1. The Balaban J connectivity index is 2.43. The van der Waals surface area contributed by atoms with Crippen LogP contribution in [0.3, 0.4) is 0 Å². The van der Waals surface area contributed by atoms with Gasteiger partial charge in [0.15, 0.2) is 0 Å². The summed E-state index contributed by atoms with van der Waals surface area (Å²) < 4.78 is 2.11. The lowest BCUT2D eigenvalue weighted by Crippen LogP contribution is -1.98. The Morgan fingerprint density at radius 1 is 1.43 bits per heavy atom. The Hall–Kier alpha value is -1.09. The highest BCUT2D eigenvalue weighted by Gasteiger charge is 2.10. The maximum absolute atomic E-state index is 4.63. The predicted molar refractivity (Wildman–Crippen MR) is 60.6 cm³/mol. The second-order valence-electron chi connectivity index (χ2n) is 3.73. The summed E-state index contributed by atoms with van der Waals surface area (Å²) in [6.45, 7) is 4.33. The topological polar surface area (TPSA) is 17.8 Å². The molecule has 0 aliphatic heterocycles. The van der Waals surface area contributed by atoms with E-state index in [4.69, 9.17) is 0 Å². The normalized spacial score (nSPS) is 11.1. The molecule has 0 aliphatic rings. The van der Waals surface area contributed by atoms with Crippen LogP contribution in [0.4, 0.5) is 0 Å². The zero-order valence-electron chi connectivity index (χ0n) is 8.69. The highest BCUT2D eigenvalue weighted by Crippen LogP contribution is 2.25. The predicted octanol–water partition coefficient (Wildman–Crippen LogP) is 3.27. The second kappa shape index (κ2) is 3.58. The molecular formula is C11H14N2S. The molecule has 0 saturated heterocycles. The molecule has 0 aliphatic carbocycles. The number of aromatic nitrogens is 2. The van der Waals surface area contributed by atoms with Crippen molar-refractivity contribution in [2.24, 2.45) is 7.05 Å². The molecule has 2 aromatic rings. The minimum Gasteiger partial charge on any atom is -0.337 e. The van der Waals surface area contributed by atoms with Crippen molar-refractivity contribution in [1.82, 2.24) is 9.55 Å². The van der Waals surface area contributed by atoms with Gasteiger partial charge in [-0.2, -0.15) is 0 Å². The summed E-state index contributed by atoms with van der Waals surface area (Å²) in [6, 6.07) is 4.17. The fourth-order valence-corrected chi connectivity index (χ4v) is 2.24. The fraction of sp³-hybridized carbons (Fsp3) is 0.364. The molecule has 14 heavy (non-hydrogen) atoms. The Kier molecular flexibility index (Phi) is 2.42. The molecule has 0 N–H and O–H groups in total. The van der Waals surface area contributed by atoms with Crippen molar-refractivity contribution in [3.63, 3.8) is 0 Å². The highest BCUT2D eigenvalue weighted by molar-refractivity contribution is 7.13. The molecule has 0 atom stereocenters. The molecule has 0 aromatic carbocycles. The lowest BCUT2D eigenvalue weighted by atomic mass is 10.2. The first kappa shape index (κ1) is 9.46. The average Bonchev–Trinajstić information content (AvgIpc) is 2.70. The SMILES string of the molecule is CC(C)c1nc(-c2cccs2)cn1C. The fourth-order valence-electron chi connectivity index (χ4n) is 1.56. The molecule has 0 bridgehead atoms. The van der Waals surface area contributed by atoms with Crippen LogP contribution < -0.4 is 0 Å². The molecule has 0 spiro atoms. The van der Waals surface area contributed by atoms with Gasteiger partial charge in [0, 0.05) is 19.2 Å². The Bertz CT molecular complexity index is 412. The van der Waals surface area contributed by atoms with E-state index in [-0.39, 0.29) is 0 Å². The molecule has 0 fully saturated rings. The van der Waals surface area contributed by atoms with Gasteiger partial charge in [-0.3, -0.25) is 0 Å². The van der Waals surface area contributed by atoms with E-state index in [1.54, 1.807) is 11.3 Å². The van der Waals surface area contributed by atoms with Gasteiger partial charge in [0.2, 0.25) is 0 Å². The molecule has 74 valence electrons. The smallest absolute Gasteiger partial charge is 0.111 e. The van der Waals surface area contributed by atoms with Crippen LogP contribution in [0.5, 0.6) is 0 Å². The van der Waals surface area contributed by atoms with Crippen LogP contribution in [0.15, 0.2) is 23.7 Å². The first-order valence-electron chi connectivity index (χ1n) is 4.75.